The summed E-state index contributed by atoms with van der Waals surface area (Å²) < 4.78 is 30.6. The molecule has 0 radical (unpaired) electrons. The lowest BCUT2D eigenvalue weighted by Gasteiger charge is -2.13. The predicted octanol–water partition coefficient (Wildman–Crippen LogP) is 3.09. The predicted molar refractivity (Wildman–Crippen MR) is 102 cm³/mol. The molecule has 0 amide bonds. The molecule has 8 heteroatoms. The zero-order valence-corrected chi connectivity index (χ0v) is 16.8. The van der Waals surface area contributed by atoms with Crippen LogP contribution in [0, 0.1) is 0 Å². The molecule has 0 N–H and O–H groups in total. The van der Waals surface area contributed by atoms with E-state index in [1.165, 1.54) is 38.1 Å². The second-order valence-electron chi connectivity index (χ2n) is 5.70. The minimum Gasteiger partial charge on any atom is -0.494 e. The molecule has 0 fully saturated rings. The van der Waals surface area contributed by atoms with Crippen molar-refractivity contribution in [1.29, 1.82) is 0 Å². The molecule has 2 rings (SSSR count). The third-order valence-electron chi connectivity index (χ3n) is 3.60. The minimum absolute atomic E-state index is 0.0233. The molecule has 0 saturated carbocycles. The normalized spacial score (nSPS) is 12.8. The van der Waals surface area contributed by atoms with Gasteiger partial charge in [0.25, 0.3) is 0 Å². The Morgan fingerprint density at radius 1 is 1.19 bits per heavy atom. The van der Waals surface area contributed by atoms with Gasteiger partial charge in [-0.05, 0) is 50.2 Å². The van der Waals surface area contributed by atoms with E-state index >= 15 is 0 Å². The fourth-order valence-electron chi connectivity index (χ4n) is 2.15. The fourth-order valence-corrected chi connectivity index (χ4v) is 3.86. The molecule has 0 aliphatic rings. The summed E-state index contributed by atoms with van der Waals surface area (Å²) in [7, 11) is -0.572. The lowest BCUT2D eigenvalue weighted by atomic mass is 10.1. The summed E-state index contributed by atoms with van der Waals surface area (Å²) in [6.07, 6.45) is 1.31. The Kier molecular flexibility index (Phi) is 6.80. The SMILES string of the molecule is CCOc1ccc(C(=O)[C@@H](C)Sc2ccc(S(=O)(=O)N(C)C)cn2)cc1. The van der Waals surface area contributed by atoms with E-state index in [0.29, 0.717) is 17.2 Å². The number of carbonyl (C=O) groups excluding carboxylic acids is 1. The van der Waals surface area contributed by atoms with Crippen LogP contribution in [0.1, 0.15) is 24.2 Å². The number of rotatable bonds is 8. The molecule has 0 saturated heterocycles. The van der Waals surface area contributed by atoms with Crippen molar-refractivity contribution in [2.24, 2.45) is 0 Å². The van der Waals surface area contributed by atoms with Gasteiger partial charge >= 0.3 is 0 Å². The van der Waals surface area contributed by atoms with Gasteiger partial charge in [0.05, 0.1) is 16.9 Å². The Morgan fingerprint density at radius 3 is 2.35 bits per heavy atom. The van der Waals surface area contributed by atoms with E-state index in [1.807, 2.05) is 6.92 Å². The first kappa shape index (κ1) is 20.4. The number of Topliss-reactive ketones (excluding diaryl/α,β-unsaturated/α-hetero) is 1. The van der Waals surface area contributed by atoms with Crippen LogP contribution >= 0.6 is 11.8 Å². The second kappa shape index (κ2) is 8.66. The lowest BCUT2D eigenvalue weighted by molar-refractivity contribution is 0.0994. The van der Waals surface area contributed by atoms with Crippen molar-refractivity contribution in [2.45, 2.75) is 29.0 Å². The van der Waals surface area contributed by atoms with Gasteiger partial charge in [-0.15, -0.1) is 0 Å². The quantitative estimate of drug-likeness (QED) is 0.506. The molecule has 1 heterocycles. The highest BCUT2D eigenvalue weighted by Crippen LogP contribution is 2.25. The van der Waals surface area contributed by atoms with Crippen molar-refractivity contribution < 1.29 is 17.9 Å². The van der Waals surface area contributed by atoms with Crippen LogP contribution in [-0.2, 0) is 10.0 Å². The van der Waals surface area contributed by atoms with Crippen LogP contribution in [0.25, 0.3) is 0 Å². The molecule has 0 unspecified atom stereocenters. The highest BCUT2D eigenvalue weighted by molar-refractivity contribution is 8.00. The summed E-state index contributed by atoms with van der Waals surface area (Å²) >= 11 is 1.29. The Morgan fingerprint density at radius 2 is 1.85 bits per heavy atom. The Hall–Kier alpha value is -1.90. The van der Waals surface area contributed by atoms with Crippen LogP contribution < -0.4 is 4.74 Å². The van der Waals surface area contributed by atoms with Gasteiger partial charge in [-0.1, -0.05) is 11.8 Å². The molecule has 26 heavy (non-hydrogen) atoms. The second-order valence-corrected chi connectivity index (χ2v) is 9.21. The molecular formula is C18H22N2O4S2. The van der Waals surface area contributed by atoms with Crippen LogP contribution in [0.5, 0.6) is 5.75 Å². The number of sulfonamides is 1. The van der Waals surface area contributed by atoms with Crippen LogP contribution in [0.15, 0.2) is 52.5 Å². The monoisotopic (exact) mass is 394 g/mol. The van der Waals surface area contributed by atoms with E-state index in [-0.39, 0.29) is 15.9 Å². The van der Waals surface area contributed by atoms with Crippen molar-refractivity contribution in [3.05, 3.63) is 48.2 Å². The highest BCUT2D eigenvalue weighted by Gasteiger charge is 2.20. The molecular weight excluding hydrogens is 372 g/mol. The van der Waals surface area contributed by atoms with Crippen molar-refractivity contribution in [1.82, 2.24) is 9.29 Å². The van der Waals surface area contributed by atoms with E-state index in [1.54, 1.807) is 37.3 Å². The number of nitrogens with zero attached hydrogens (tertiary/aromatic N) is 2. The van der Waals surface area contributed by atoms with E-state index < -0.39 is 10.0 Å². The summed E-state index contributed by atoms with van der Waals surface area (Å²) in [5.41, 5.74) is 0.597. The largest absolute Gasteiger partial charge is 0.494 e. The van der Waals surface area contributed by atoms with Crippen LogP contribution in [0.4, 0.5) is 0 Å². The number of aromatic nitrogens is 1. The number of pyridine rings is 1. The first-order valence-corrected chi connectivity index (χ1v) is 10.4. The molecule has 0 aliphatic heterocycles. The maximum atomic E-state index is 12.5. The molecule has 0 spiro atoms. The van der Waals surface area contributed by atoms with Gasteiger partial charge in [-0.3, -0.25) is 4.79 Å². The van der Waals surface area contributed by atoms with Crippen LogP contribution in [0.3, 0.4) is 0 Å². The molecule has 1 atom stereocenters. The van der Waals surface area contributed by atoms with Crippen molar-refractivity contribution in [2.75, 3.05) is 20.7 Å². The summed E-state index contributed by atoms with van der Waals surface area (Å²) in [5, 5.41) is 0.242. The van der Waals surface area contributed by atoms with Gasteiger partial charge < -0.3 is 4.74 Å². The molecule has 1 aromatic heterocycles. The van der Waals surface area contributed by atoms with Crippen molar-refractivity contribution >= 4 is 27.6 Å². The number of carbonyl (C=O) groups is 1. The number of thioether (sulfide) groups is 1. The number of ketones is 1. The maximum Gasteiger partial charge on any atom is 0.244 e. The Labute approximate surface area is 158 Å². The molecule has 0 aliphatic carbocycles. The summed E-state index contributed by atoms with van der Waals surface area (Å²) in [6, 6.07) is 10.1. The maximum absolute atomic E-state index is 12.5. The molecule has 1 aromatic carbocycles. The highest BCUT2D eigenvalue weighted by atomic mass is 32.2. The van der Waals surface area contributed by atoms with Crippen LogP contribution in [0.2, 0.25) is 0 Å². The van der Waals surface area contributed by atoms with Crippen molar-refractivity contribution in [3.8, 4) is 5.75 Å². The number of ether oxygens (including phenoxy) is 1. The first-order valence-electron chi connectivity index (χ1n) is 8.08. The van der Waals surface area contributed by atoms with Gasteiger partial charge in [0.15, 0.2) is 5.78 Å². The third kappa shape index (κ3) is 4.84. The Balaban J connectivity index is 2.07. The fraction of sp³-hybridized carbons (Fsp3) is 0.333. The van der Waals surface area contributed by atoms with E-state index in [2.05, 4.69) is 4.98 Å². The summed E-state index contributed by atoms with van der Waals surface area (Å²) in [6.45, 7) is 4.28. The van der Waals surface area contributed by atoms with Crippen molar-refractivity contribution in [3.63, 3.8) is 0 Å². The standard InChI is InChI=1S/C18H22N2O4S2/c1-5-24-15-8-6-14(7-9-15)18(21)13(2)25-17-11-10-16(12-19-17)26(22,23)20(3)4/h6-13H,5H2,1-4H3/t13-/m1/s1. The Bertz CT molecular complexity index is 848. The lowest BCUT2D eigenvalue weighted by Crippen LogP contribution is -2.22. The van der Waals surface area contributed by atoms with E-state index in [0.717, 1.165) is 10.1 Å². The van der Waals surface area contributed by atoms with E-state index in [4.69, 9.17) is 4.74 Å². The average Bonchev–Trinajstić information content (AvgIpc) is 2.62. The molecule has 140 valence electrons. The third-order valence-corrected chi connectivity index (χ3v) is 6.45. The topological polar surface area (TPSA) is 76.6 Å². The van der Waals surface area contributed by atoms with Crippen LogP contribution in [-0.4, -0.2) is 49.4 Å². The molecule has 6 nitrogen and oxygen atoms in total. The number of benzene rings is 1. The number of hydrogen-bond donors (Lipinski definition) is 0. The van der Waals surface area contributed by atoms with Gasteiger partial charge in [-0.2, -0.15) is 0 Å². The number of hydrogen-bond acceptors (Lipinski definition) is 6. The zero-order chi connectivity index (χ0) is 19.3. The first-order chi connectivity index (χ1) is 12.3. The molecule has 2 aromatic rings. The minimum atomic E-state index is -3.51. The summed E-state index contributed by atoms with van der Waals surface area (Å²) in [4.78, 5) is 16.8. The van der Waals surface area contributed by atoms with Gasteiger partial charge in [0.1, 0.15) is 10.6 Å². The van der Waals surface area contributed by atoms with Gasteiger partial charge in [0, 0.05) is 25.9 Å². The van der Waals surface area contributed by atoms with E-state index in [9.17, 15) is 13.2 Å². The van der Waals surface area contributed by atoms with Gasteiger partial charge in [0.2, 0.25) is 10.0 Å². The average molecular weight is 395 g/mol. The summed E-state index contributed by atoms with van der Waals surface area (Å²) in [5.74, 6) is 0.702. The zero-order valence-electron chi connectivity index (χ0n) is 15.2. The smallest absolute Gasteiger partial charge is 0.244 e. The molecule has 0 bridgehead atoms. The van der Waals surface area contributed by atoms with Gasteiger partial charge in [-0.25, -0.2) is 17.7 Å².